The standard InChI is InChI=1S/C12H24N2OS/c1-4-10(9-16-3)14(2)11(15)8-12(13)6-5-7-12/h10H,4-9,13H2,1-3H3. The summed E-state index contributed by atoms with van der Waals surface area (Å²) < 4.78 is 0. The zero-order valence-corrected chi connectivity index (χ0v) is 11.5. The molecule has 94 valence electrons. The van der Waals surface area contributed by atoms with Crippen molar-refractivity contribution in [2.24, 2.45) is 5.73 Å². The number of carbonyl (C=O) groups excluding carboxylic acids is 1. The molecule has 16 heavy (non-hydrogen) atoms. The Balaban J connectivity index is 2.45. The summed E-state index contributed by atoms with van der Waals surface area (Å²) in [6.45, 7) is 2.13. The quantitative estimate of drug-likeness (QED) is 0.776. The van der Waals surface area contributed by atoms with Crippen molar-refractivity contribution in [2.45, 2.75) is 50.6 Å². The lowest BCUT2D eigenvalue weighted by Gasteiger charge is -2.39. The first-order valence-electron chi connectivity index (χ1n) is 6.06. The zero-order valence-electron chi connectivity index (χ0n) is 10.7. The van der Waals surface area contributed by atoms with Crippen LogP contribution in [0.15, 0.2) is 0 Å². The van der Waals surface area contributed by atoms with E-state index in [0.717, 1.165) is 25.0 Å². The molecule has 0 aromatic heterocycles. The van der Waals surface area contributed by atoms with Gasteiger partial charge in [0.25, 0.3) is 0 Å². The SMILES string of the molecule is CCC(CSC)N(C)C(=O)CC1(N)CCC1. The van der Waals surface area contributed by atoms with Crippen LogP contribution in [0.2, 0.25) is 0 Å². The van der Waals surface area contributed by atoms with Gasteiger partial charge in [-0.25, -0.2) is 0 Å². The van der Waals surface area contributed by atoms with Gasteiger partial charge in [-0.1, -0.05) is 6.92 Å². The average Bonchev–Trinajstić information content (AvgIpc) is 2.22. The highest BCUT2D eigenvalue weighted by Crippen LogP contribution is 2.32. The second kappa shape index (κ2) is 5.92. The van der Waals surface area contributed by atoms with Gasteiger partial charge in [-0.15, -0.1) is 0 Å². The molecule has 0 spiro atoms. The van der Waals surface area contributed by atoms with Gasteiger partial charge in [-0.2, -0.15) is 11.8 Å². The molecular weight excluding hydrogens is 220 g/mol. The fourth-order valence-electron chi connectivity index (χ4n) is 2.13. The summed E-state index contributed by atoms with van der Waals surface area (Å²) in [6.07, 6.45) is 6.81. The Labute approximate surface area is 103 Å². The molecule has 0 radical (unpaired) electrons. The Morgan fingerprint density at radius 3 is 2.56 bits per heavy atom. The van der Waals surface area contributed by atoms with E-state index in [1.165, 1.54) is 6.42 Å². The van der Waals surface area contributed by atoms with Crippen LogP contribution in [-0.4, -0.2) is 41.4 Å². The van der Waals surface area contributed by atoms with Crippen LogP contribution in [0.3, 0.4) is 0 Å². The van der Waals surface area contributed by atoms with E-state index in [-0.39, 0.29) is 11.4 Å². The summed E-state index contributed by atoms with van der Waals surface area (Å²) >= 11 is 1.79. The van der Waals surface area contributed by atoms with Gasteiger partial charge in [-0.3, -0.25) is 4.79 Å². The summed E-state index contributed by atoms with van der Waals surface area (Å²) in [5, 5.41) is 0. The maximum Gasteiger partial charge on any atom is 0.224 e. The van der Waals surface area contributed by atoms with E-state index in [0.29, 0.717) is 12.5 Å². The molecule has 1 atom stereocenters. The normalized spacial score (nSPS) is 20.0. The molecule has 4 heteroatoms. The van der Waals surface area contributed by atoms with E-state index in [1.54, 1.807) is 11.8 Å². The highest BCUT2D eigenvalue weighted by atomic mass is 32.2. The van der Waals surface area contributed by atoms with Crippen LogP contribution < -0.4 is 5.73 Å². The predicted molar refractivity (Wildman–Crippen MR) is 70.6 cm³/mol. The first-order valence-corrected chi connectivity index (χ1v) is 7.45. The second-order valence-electron chi connectivity index (χ2n) is 4.91. The van der Waals surface area contributed by atoms with Crippen LogP contribution in [0.4, 0.5) is 0 Å². The third kappa shape index (κ3) is 3.39. The summed E-state index contributed by atoms with van der Waals surface area (Å²) in [7, 11) is 1.91. The van der Waals surface area contributed by atoms with Crippen molar-refractivity contribution in [3.05, 3.63) is 0 Å². The van der Waals surface area contributed by atoms with Crippen LogP contribution in [0, 0.1) is 0 Å². The lowest BCUT2D eigenvalue weighted by Crippen LogP contribution is -2.51. The number of rotatable bonds is 6. The minimum absolute atomic E-state index is 0.191. The molecule has 0 heterocycles. The van der Waals surface area contributed by atoms with Crippen LogP contribution in [0.1, 0.15) is 39.0 Å². The maximum atomic E-state index is 12.1. The molecule has 0 aromatic carbocycles. The first-order chi connectivity index (χ1) is 7.52. The van der Waals surface area contributed by atoms with Crippen molar-refractivity contribution in [1.82, 2.24) is 4.90 Å². The molecule has 1 saturated carbocycles. The summed E-state index contributed by atoms with van der Waals surface area (Å²) in [5.41, 5.74) is 5.91. The molecule has 1 rings (SSSR count). The monoisotopic (exact) mass is 244 g/mol. The summed E-state index contributed by atoms with van der Waals surface area (Å²) in [5.74, 6) is 1.22. The van der Waals surface area contributed by atoms with Crippen molar-refractivity contribution in [3.8, 4) is 0 Å². The molecule has 1 fully saturated rings. The Bertz CT molecular complexity index is 241. The smallest absolute Gasteiger partial charge is 0.224 e. The number of amides is 1. The van der Waals surface area contributed by atoms with E-state index >= 15 is 0 Å². The molecule has 1 amide bonds. The molecule has 0 saturated heterocycles. The number of carbonyl (C=O) groups is 1. The summed E-state index contributed by atoms with van der Waals surface area (Å²) in [4.78, 5) is 14.0. The number of nitrogens with zero attached hydrogens (tertiary/aromatic N) is 1. The molecule has 0 aromatic rings. The lowest BCUT2D eigenvalue weighted by molar-refractivity contribution is -0.133. The molecular formula is C12H24N2OS. The third-order valence-electron chi connectivity index (χ3n) is 3.62. The topological polar surface area (TPSA) is 46.3 Å². The highest BCUT2D eigenvalue weighted by molar-refractivity contribution is 7.98. The Kier molecular flexibility index (Phi) is 5.12. The Morgan fingerprint density at radius 1 is 1.56 bits per heavy atom. The average molecular weight is 244 g/mol. The van der Waals surface area contributed by atoms with E-state index in [4.69, 9.17) is 5.73 Å². The van der Waals surface area contributed by atoms with Gasteiger partial charge in [0.15, 0.2) is 0 Å². The number of hydrogen-bond donors (Lipinski definition) is 1. The fraction of sp³-hybridized carbons (Fsp3) is 0.917. The zero-order chi connectivity index (χ0) is 12.2. The van der Waals surface area contributed by atoms with E-state index in [9.17, 15) is 4.79 Å². The van der Waals surface area contributed by atoms with E-state index < -0.39 is 0 Å². The van der Waals surface area contributed by atoms with Crippen molar-refractivity contribution >= 4 is 17.7 Å². The summed E-state index contributed by atoms with van der Waals surface area (Å²) in [6, 6.07) is 0.353. The van der Waals surface area contributed by atoms with Gasteiger partial charge >= 0.3 is 0 Å². The van der Waals surface area contributed by atoms with E-state index in [1.807, 2.05) is 11.9 Å². The van der Waals surface area contributed by atoms with Gasteiger partial charge < -0.3 is 10.6 Å². The second-order valence-corrected chi connectivity index (χ2v) is 5.83. The van der Waals surface area contributed by atoms with Gasteiger partial charge in [-0.05, 0) is 31.9 Å². The third-order valence-corrected chi connectivity index (χ3v) is 4.34. The van der Waals surface area contributed by atoms with Crippen molar-refractivity contribution < 1.29 is 4.79 Å². The van der Waals surface area contributed by atoms with Crippen LogP contribution in [-0.2, 0) is 4.79 Å². The lowest BCUT2D eigenvalue weighted by atomic mass is 9.75. The molecule has 0 aliphatic heterocycles. The van der Waals surface area contributed by atoms with Crippen LogP contribution >= 0.6 is 11.8 Å². The first kappa shape index (κ1) is 13.8. The maximum absolute atomic E-state index is 12.1. The van der Waals surface area contributed by atoms with Gasteiger partial charge in [0.05, 0.1) is 0 Å². The number of nitrogens with two attached hydrogens (primary N) is 1. The van der Waals surface area contributed by atoms with Gasteiger partial charge in [0, 0.05) is 30.8 Å². The van der Waals surface area contributed by atoms with Crippen LogP contribution in [0.25, 0.3) is 0 Å². The van der Waals surface area contributed by atoms with Gasteiger partial charge in [0.2, 0.25) is 5.91 Å². The number of thioether (sulfide) groups is 1. The number of hydrogen-bond acceptors (Lipinski definition) is 3. The highest BCUT2D eigenvalue weighted by Gasteiger charge is 2.36. The Hall–Kier alpha value is -0.220. The molecule has 3 nitrogen and oxygen atoms in total. The van der Waals surface area contributed by atoms with Gasteiger partial charge in [0.1, 0.15) is 0 Å². The van der Waals surface area contributed by atoms with Crippen LogP contribution in [0.5, 0.6) is 0 Å². The largest absolute Gasteiger partial charge is 0.342 e. The van der Waals surface area contributed by atoms with Crippen molar-refractivity contribution in [2.75, 3.05) is 19.1 Å². The molecule has 0 bridgehead atoms. The Morgan fingerprint density at radius 2 is 2.19 bits per heavy atom. The molecule has 1 aliphatic rings. The van der Waals surface area contributed by atoms with Crippen molar-refractivity contribution in [3.63, 3.8) is 0 Å². The van der Waals surface area contributed by atoms with Crippen molar-refractivity contribution in [1.29, 1.82) is 0 Å². The molecule has 2 N–H and O–H groups in total. The molecule has 1 unspecified atom stereocenters. The minimum atomic E-state index is -0.191. The minimum Gasteiger partial charge on any atom is -0.342 e. The predicted octanol–water partition coefficient (Wildman–Crippen LogP) is 1.86. The fourth-order valence-corrected chi connectivity index (χ4v) is 2.98. The molecule has 1 aliphatic carbocycles. The van der Waals surface area contributed by atoms with E-state index in [2.05, 4.69) is 13.2 Å².